The van der Waals surface area contributed by atoms with Gasteiger partial charge in [-0.25, -0.2) is 4.98 Å². The van der Waals surface area contributed by atoms with Crippen LogP contribution in [0.1, 0.15) is 57.2 Å². The van der Waals surface area contributed by atoms with Crippen LogP contribution in [0, 0.1) is 12.8 Å². The molecule has 20 heavy (non-hydrogen) atoms. The molecular formula is C16H28N2OS. The molecule has 0 N–H and O–H groups in total. The van der Waals surface area contributed by atoms with Crippen LogP contribution in [0.5, 0.6) is 0 Å². The predicted molar refractivity (Wildman–Crippen MR) is 86.1 cm³/mol. The maximum absolute atomic E-state index is 12.2. The highest BCUT2D eigenvalue weighted by Crippen LogP contribution is 2.19. The fourth-order valence-electron chi connectivity index (χ4n) is 2.45. The monoisotopic (exact) mass is 296 g/mol. The summed E-state index contributed by atoms with van der Waals surface area (Å²) in [4.78, 5) is 18.6. The second-order valence-corrected chi connectivity index (χ2v) is 6.78. The van der Waals surface area contributed by atoms with Crippen molar-refractivity contribution in [2.75, 3.05) is 7.05 Å². The molecule has 0 radical (unpaired) electrons. The van der Waals surface area contributed by atoms with Gasteiger partial charge in [0, 0.05) is 37.0 Å². The third kappa shape index (κ3) is 5.23. The number of aryl methyl sites for hydroxylation is 2. The lowest BCUT2D eigenvalue weighted by Gasteiger charge is -2.31. The van der Waals surface area contributed by atoms with Crippen LogP contribution in [0.2, 0.25) is 0 Å². The van der Waals surface area contributed by atoms with Gasteiger partial charge in [-0.3, -0.25) is 4.79 Å². The molecule has 1 amide bonds. The molecule has 0 aliphatic rings. The number of nitrogens with zero attached hydrogens (tertiary/aromatic N) is 2. The molecule has 1 aromatic heterocycles. The van der Waals surface area contributed by atoms with E-state index in [1.165, 1.54) is 5.01 Å². The normalized spacial score (nSPS) is 12.7. The number of aromatic nitrogens is 1. The molecule has 0 saturated carbocycles. The molecule has 0 aliphatic carbocycles. The number of carbonyl (C=O) groups excluding carboxylic acids is 1. The van der Waals surface area contributed by atoms with E-state index in [4.69, 9.17) is 0 Å². The highest BCUT2D eigenvalue weighted by molar-refractivity contribution is 7.09. The minimum atomic E-state index is 0.279. The van der Waals surface area contributed by atoms with Crippen LogP contribution in [0.25, 0.3) is 0 Å². The second-order valence-electron chi connectivity index (χ2n) is 5.84. The van der Waals surface area contributed by atoms with Gasteiger partial charge in [-0.05, 0) is 25.7 Å². The van der Waals surface area contributed by atoms with Crippen LogP contribution in [-0.2, 0) is 11.2 Å². The van der Waals surface area contributed by atoms with Crippen molar-refractivity contribution in [2.45, 2.75) is 65.8 Å². The van der Waals surface area contributed by atoms with Crippen LogP contribution in [0.3, 0.4) is 0 Å². The highest BCUT2D eigenvalue weighted by Gasteiger charge is 2.22. The van der Waals surface area contributed by atoms with E-state index in [2.05, 4.69) is 31.1 Å². The molecule has 3 nitrogen and oxygen atoms in total. The topological polar surface area (TPSA) is 33.2 Å². The van der Waals surface area contributed by atoms with Crippen LogP contribution < -0.4 is 0 Å². The number of amides is 1. The van der Waals surface area contributed by atoms with Crippen molar-refractivity contribution >= 4 is 17.2 Å². The van der Waals surface area contributed by atoms with E-state index < -0.39 is 0 Å². The first kappa shape index (κ1) is 17.2. The Morgan fingerprint density at radius 1 is 1.45 bits per heavy atom. The zero-order valence-corrected chi connectivity index (χ0v) is 14.3. The van der Waals surface area contributed by atoms with Crippen LogP contribution in [0.15, 0.2) is 5.38 Å². The van der Waals surface area contributed by atoms with Crippen LogP contribution in [0.4, 0.5) is 0 Å². The van der Waals surface area contributed by atoms with Gasteiger partial charge in [0.1, 0.15) is 0 Å². The minimum Gasteiger partial charge on any atom is -0.343 e. The molecular weight excluding hydrogens is 268 g/mol. The van der Waals surface area contributed by atoms with Gasteiger partial charge in [-0.2, -0.15) is 0 Å². The molecule has 114 valence electrons. The Balaban J connectivity index is 2.57. The first-order valence-corrected chi connectivity index (χ1v) is 8.50. The molecule has 1 heterocycles. The van der Waals surface area contributed by atoms with E-state index in [-0.39, 0.29) is 5.91 Å². The van der Waals surface area contributed by atoms with Gasteiger partial charge in [-0.1, -0.05) is 27.2 Å². The van der Waals surface area contributed by atoms with Gasteiger partial charge in [0.05, 0.1) is 5.01 Å². The van der Waals surface area contributed by atoms with E-state index in [9.17, 15) is 4.79 Å². The van der Waals surface area contributed by atoms with E-state index in [1.807, 2.05) is 18.9 Å². The summed E-state index contributed by atoms with van der Waals surface area (Å²) in [5, 5.41) is 3.28. The number of hydrogen-bond donors (Lipinski definition) is 0. The molecule has 0 aliphatic heterocycles. The Hall–Kier alpha value is -0.900. The average Bonchev–Trinajstić information content (AvgIpc) is 2.81. The summed E-state index contributed by atoms with van der Waals surface area (Å²) < 4.78 is 0. The maximum atomic E-state index is 12.2. The van der Waals surface area contributed by atoms with E-state index in [0.717, 1.165) is 31.4 Å². The van der Waals surface area contributed by atoms with Crippen molar-refractivity contribution in [3.8, 4) is 0 Å². The molecule has 0 spiro atoms. The molecule has 0 saturated heterocycles. The number of unbranched alkanes of at least 4 members (excludes halogenated alkanes) is 1. The molecule has 1 unspecified atom stereocenters. The van der Waals surface area contributed by atoms with Crippen molar-refractivity contribution in [1.29, 1.82) is 0 Å². The second kappa shape index (κ2) is 8.40. The quantitative estimate of drug-likeness (QED) is 0.725. The lowest BCUT2D eigenvalue weighted by atomic mass is 9.97. The van der Waals surface area contributed by atoms with Crippen molar-refractivity contribution < 1.29 is 4.79 Å². The first-order valence-electron chi connectivity index (χ1n) is 7.62. The Bertz CT molecular complexity index is 414. The minimum absolute atomic E-state index is 0.279. The van der Waals surface area contributed by atoms with Crippen molar-refractivity contribution in [3.63, 3.8) is 0 Å². The summed E-state index contributed by atoms with van der Waals surface area (Å²) in [6, 6.07) is 0.309. The van der Waals surface area contributed by atoms with Gasteiger partial charge in [0.15, 0.2) is 0 Å². The molecule has 1 rings (SSSR count). The third-order valence-electron chi connectivity index (χ3n) is 3.73. The largest absolute Gasteiger partial charge is 0.343 e. The predicted octanol–water partition coefficient (Wildman–Crippen LogP) is 4.06. The van der Waals surface area contributed by atoms with Gasteiger partial charge in [-0.15, -0.1) is 11.3 Å². The lowest BCUT2D eigenvalue weighted by molar-refractivity contribution is -0.133. The number of hydrogen-bond acceptors (Lipinski definition) is 3. The molecule has 0 bridgehead atoms. The standard InChI is InChI=1S/C16H28N2OS/c1-6-7-8-16(19)18(5)14(12(2)3)9-10-15-17-13(4)11-20-15/h11-12,14H,6-10H2,1-5H3. The number of rotatable bonds is 8. The van der Waals surface area contributed by atoms with Gasteiger partial charge < -0.3 is 4.90 Å². The zero-order valence-electron chi connectivity index (χ0n) is 13.5. The van der Waals surface area contributed by atoms with E-state index in [1.54, 1.807) is 11.3 Å². The Morgan fingerprint density at radius 3 is 2.65 bits per heavy atom. The van der Waals surface area contributed by atoms with Gasteiger partial charge in [0.2, 0.25) is 5.91 Å². The molecule has 1 aromatic rings. The molecule has 0 fully saturated rings. The summed E-state index contributed by atoms with van der Waals surface area (Å²) >= 11 is 1.72. The summed E-state index contributed by atoms with van der Waals surface area (Å²) in [7, 11) is 1.95. The lowest BCUT2D eigenvalue weighted by Crippen LogP contribution is -2.40. The summed E-state index contributed by atoms with van der Waals surface area (Å²) in [6.07, 6.45) is 4.70. The van der Waals surface area contributed by atoms with Crippen LogP contribution >= 0.6 is 11.3 Å². The summed E-state index contributed by atoms with van der Waals surface area (Å²) in [5.74, 6) is 0.757. The highest BCUT2D eigenvalue weighted by atomic mass is 32.1. The summed E-state index contributed by atoms with van der Waals surface area (Å²) in [5.41, 5.74) is 1.10. The Kier molecular flexibility index (Phi) is 7.20. The van der Waals surface area contributed by atoms with Crippen molar-refractivity contribution in [3.05, 3.63) is 16.1 Å². The fourth-order valence-corrected chi connectivity index (χ4v) is 3.24. The summed E-state index contributed by atoms with van der Waals surface area (Å²) in [6.45, 7) is 8.54. The maximum Gasteiger partial charge on any atom is 0.222 e. The smallest absolute Gasteiger partial charge is 0.222 e. The third-order valence-corrected chi connectivity index (χ3v) is 4.75. The van der Waals surface area contributed by atoms with E-state index in [0.29, 0.717) is 18.4 Å². The zero-order chi connectivity index (χ0) is 15.1. The van der Waals surface area contributed by atoms with Crippen molar-refractivity contribution in [1.82, 2.24) is 9.88 Å². The SMILES string of the molecule is CCCCC(=O)N(C)C(CCc1nc(C)cs1)C(C)C. The first-order chi connectivity index (χ1) is 9.45. The average molecular weight is 296 g/mol. The fraction of sp³-hybridized carbons (Fsp3) is 0.750. The Morgan fingerprint density at radius 2 is 2.15 bits per heavy atom. The van der Waals surface area contributed by atoms with Crippen molar-refractivity contribution in [2.24, 2.45) is 5.92 Å². The van der Waals surface area contributed by atoms with Gasteiger partial charge >= 0.3 is 0 Å². The number of thiazole rings is 1. The van der Waals surface area contributed by atoms with Crippen LogP contribution in [-0.4, -0.2) is 28.9 Å². The molecule has 1 atom stereocenters. The van der Waals surface area contributed by atoms with Gasteiger partial charge in [0.25, 0.3) is 0 Å². The molecule has 0 aromatic carbocycles. The molecule has 4 heteroatoms. The van der Waals surface area contributed by atoms with E-state index >= 15 is 0 Å². The Labute approximate surface area is 127 Å². The number of carbonyl (C=O) groups is 1.